The van der Waals surface area contributed by atoms with Gasteiger partial charge in [0.25, 0.3) is 0 Å². The van der Waals surface area contributed by atoms with Gasteiger partial charge in [0, 0.05) is 19.7 Å². The highest BCUT2D eigenvalue weighted by atomic mass is 35.5. The first-order valence-corrected chi connectivity index (χ1v) is 7.00. The van der Waals surface area contributed by atoms with Gasteiger partial charge < -0.3 is 25.9 Å². The second-order valence-electron chi connectivity index (χ2n) is 4.35. The molecule has 2 heterocycles. The lowest BCUT2D eigenvalue weighted by molar-refractivity contribution is 0.152. The molecule has 11 heteroatoms. The molecule has 2 aromatic heterocycles. The van der Waals surface area contributed by atoms with Crippen molar-refractivity contribution < 1.29 is 9.15 Å². The fourth-order valence-electron chi connectivity index (χ4n) is 1.71. The van der Waals surface area contributed by atoms with Crippen LogP contribution in [0.2, 0.25) is 0 Å². The van der Waals surface area contributed by atoms with E-state index in [1.54, 1.807) is 0 Å². The number of halogens is 3. The van der Waals surface area contributed by atoms with Crippen LogP contribution in [0.1, 0.15) is 12.6 Å². The van der Waals surface area contributed by atoms with Crippen LogP contribution in [0.5, 0.6) is 0 Å². The summed E-state index contributed by atoms with van der Waals surface area (Å²) in [7, 11) is 0. The molecule has 8 nitrogen and oxygen atoms in total. The molecule has 0 saturated heterocycles. The number of nitrogens with one attached hydrogen (secondary N) is 1. The molecule has 0 aliphatic rings. The maximum atomic E-state index is 5.73. The van der Waals surface area contributed by atoms with Gasteiger partial charge in [0.15, 0.2) is 5.96 Å². The molecule has 2 rings (SSSR count). The van der Waals surface area contributed by atoms with Gasteiger partial charge in [-0.15, -0.1) is 37.2 Å². The Kier molecular flexibility index (Phi) is 14.0. The maximum Gasteiger partial charge on any atom is 0.325 e. The summed E-state index contributed by atoms with van der Waals surface area (Å²) in [6.45, 7) is 4.08. The first kappa shape index (κ1) is 25.7. The number of hydrogen-bond acceptors (Lipinski definition) is 6. The number of aromatic nitrogens is 2. The van der Waals surface area contributed by atoms with E-state index in [9.17, 15) is 0 Å². The lowest BCUT2D eigenvalue weighted by atomic mass is 10.2. The number of pyridine rings is 1. The number of nitrogens with zero attached hydrogens (tertiary/aromatic N) is 3. The van der Waals surface area contributed by atoms with Crippen LogP contribution in [0.15, 0.2) is 33.9 Å². The van der Waals surface area contributed by atoms with E-state index in [4.69, 9.17) is 20.6 Å². The van der Waals surface area contributed by atoms with Crippen molar-refractivity contribution in [3.8, 4) is 11.4 Å². The van der Waals surface area contributed by atoms with Crippen molar-refractivity contribution in [3.05, 3.63) is 30.2 Å². The molecule has 0 unspecified atom stereocenters. The molecule has 5 N–H and O–H groups in total. The van der Waals surface area contributed by atoms with Gasteiger partial charge in [0.1, 0.15) is 12.0 Å². The number of rotatable bonds is 7. The first-order chi connectivity index (χ1) is 10.7. The summed E-state index contributed by atoms with van der Waals surface area (Å²) in [4.78, 5) is 12.6. The second kappa shape index (κ2) is 13.7. The third kappa shape index (κ3) is 8.37. The average Bonchev–Trinajstić information content (AvgIpc) is 3.00. The Morgan fingerprint density at radius 1 is 1.24 bits per heavy atom. The minimum atomic E-state index is 0. The summed E-state index contributed by atoms with van der Waals surface area (Å²) in [5.74, 6) is 0.219. The number of guanidine groups is 1. The lowest BCUT2D eigenvalue weighted by Gasteiger charge is -2.03. The number of hydrogen-bond donors (Lipinski definition) is 3. The van der Waals surface area contributed by atoms with Gasteiger partial charge in [-0.3, -0.25) is 0 Å². The van der Waals surface area contributed by atoms with Crippen LogP contribution in [0.3, 0.4) is 0 Å². The summed E-state index contributed by atoms with van der Waals surface area (Å²) in [5.41, 5.74) is 13.3. The van der Waals surface area contributed by atoms with Crippen molar-refractivity contribution in [2.24, 2.45) is 16.5 Å². The molecule has 0 aliphatic heterocycles. The van der Waals surface area contributed by atoms with Crippen LogP contribution in [0.25, 0.3) is 11.4 Å². The molecule has 0 fully saturated rings. The van der Waals surface area contributed by atoms with E-state index in [1.165, 1.54) is 6.26 Å². The molecule has 25 heavy (non-hydrogen) atoms. The quantitative estimate of drug-likeness (QED) is 0.360. The molecule has 2 aromatic rings. The highest BCUT2D eigenvalue weighted by molar-refractivity contribution is 5.86. The van der Waals surface area contributed by atoms with Crippen molar-refractivity contribution in [3.63, 3.8) is 0 Å². The molecule has 0 amide bonds. The topological polar surface area (TPSA) is 125 Å². The number of aliphatic imine (C=N–C) groups is 1. The third-order valence-electron chi connectivity index (χ3n) is 2.74. The van der Waals surface area contributed by atoms with Crippen LogP contribution in [-0.2, 0) is 11.3 Å². The Labute approximate surface area is 165 Å². The lowest BCUT2D eigenvalue weighted by Crippen LogP contribution is -2.33. The van der Waals surface area contributed by atoms with E-state index in [2.05, 4.69) is 20.3 Å². The molecule has 0 aromatic carbocycles. The predicted molar refractivity (Wildman–Crippen MR) is 105 cm³/mol. The van der Waals surface area contributed by atoms with E-state index in [1.807, 2.05) is 25.1 Å². The Balaban J connectivity index is 0. The fourth-order valence-corrected chi connectivity index (χ4v) is 1.71. The van der Waals surface area contributed by atoms with Gasteiger partial charge in [-0.25, -0.2) is 4.98 Å². The standard InChI is InChI=1S/C14H20N6O2.3ClH/c1-2-21-7-6-17-13(16)20-14-19-12(9-22-14)11-5-3-4-10(8-15)18-11;;;/h3-5,9H,2,6-8,15H2,1H3,(H3,16,17,19,20);3*1H. The van der Waals surface area contributed by atoms with Crippen LogP contribution < -0.4 is 16.8 Å². The monoisotopic (exact) mass is 412 g/mol. The highest BCUT2D eigenvalue weighted by Crippen LogP contribution is 2.20. The van der Waals surface area contributed by atoms with E-state index in [-0.39, 0.29) is 49.2 Å². The summed E-state index contributed by atoms with van der Waals surface area (Å²) >= 11 is 0. The molecule has 142 valence electrons. The predicted octanol–water partition coefficient (Wildman–Crippen LogP) is 2.03. The van der Waals surface area contributed by atoms with Crippen LogP contribution >= 0.6 is 37.2 Å². The molecular weight excluding hydrogens is 391 g/mol. The Bertz CT molecular complexity index is 639. The molecule has 0 bridgehead atoms. The zero-order chi connectivity index (χ0) is 15.8. The zero-order valence-electron chi connectivity index (χ0n) is 13.7. The largest absolute Gasteiger partial charge is 0.430 e. The Morgan fingerprint density at radius 2 is 2.00 bits per heavy atom. The first-order valence-electron chi connectivity index (χ1n) is 7.00. The summed E-state index contributed by atoms with van der Waals surface area (Å²) in [6.07, 6.45) is 1.48. The van der Waals surface area contributed by atoms with Crippen LogP contribution in [-0.4, -0.2) is 35.7 Å². The SMILES string of the molecule is CCOCCN/C(N)=N/c1nc(-c2cccc(CN)n2)co1.Cl.Cl.Cl. The number of ether oxygens (including phenoxy) is 1. The summed E-state index contributed by atoms with van der Waals surface area (Å²) < 4.78 is 10.5. The Morgan fingerprint density at radius 3 is 2.68 bits per heavy atom. The number of nitrogens with two attached hydrogens (primary N) is 2. The molecular formula is C14H23Cl3N6O2. The average molecular weight is 414 g/mol. The van der Waals surface area contributed by atoms with E-state index in [0.29, 0.717) is 37.7 Å². The van der Waals surface area contributed by atoms with Gasteiger partial charge in [0.2, 0.25) is 0 Å². The van der Waals surface area contributed by atoms with E-state index >= 15 is 0 Å². The Hall–Kier alpha value is -1.58. The van der Waals surface area contributed by atoms with Crippen LogP contribution in [0, 0.1) is 0 Å². The summed E-state index contributed by atoms with van der Waals surface area (Å²) in [5, 5.41) is 2.90. The fraction of sp³-hybridized carbons (Fsp3) is 0.357. The van der Waals surface area contributed by atoms with Crippen molar-refractivity contribution in [2.75, 3.05) is 19.8 Å². The van der Waals surface area contributed by atoms with Gasteiger partial charge in [0.05, 0.1) is 18.0 Å². The zero-order valence-corrected chi connectivity index (χ0v) is 16.1. The third-order valence-corrected chi connectivity index (χ3v) is 2.74. The molecule has 0 spiro atoms. The maximum absolute atomic E-state index is 5.73. The van der Waals surface area contributed by atoms with Crippen molar-refractivity contribution in [2.45, 2.75) is 13.5 Å². The second-order valence-corrected chi connectivity index (χ2v) is 4.35. The minimum absolute atomic E-state index is 0. The van der Waals surface area contributed by atoms with Crippen molar-refractivity contribution in [1.82, 2.24) is 15.3 Å². The normalized spacial score (nSPS) is 10.2. The van der Waals surface area contributed by atoms with E-state index in [0.717, 1.165) is 5.69 Å². The molecule has 0 atom stereocenters. The molecule has 0 aliphatic carbocycles. The van der Waals surface area contributed by atoms with Crippen molar-refractivity contribution in [1.29, 1.82) is 0 Å². The molecule has 0 saturated carbocycles. The van der Waals surface area contributed by atoms with Gasteiger partial charge in [-0.2, -0.15) is 9.98 Å². The smallest absolute Gasteiger partial charge is 0.325 e. The van der Waals surface area contributed by atoms with Gasteiger partial charge >= 0.3 is 6.01 Å². The van der Waals surface area contributed by atoms with Crippen LogP contribution in [0.4, 0.5) is 6.01 Å². The summed E-state index contributed by atoms with van der Waals surface area (Å²) in [6, 6.07) is 5.71. The van der Waals surface area contributed by atoms with Crippen molar-refractivity contribution >= 4 is 49.2 Å². The molecule has 0 radical (unpaired) electrons. The van der Waals surface area contributed by atoms with Gasteiger partial charge in [-0.1, -0.05) is 6.07 Å². The number of oxazole rings is 1. The van der Waals surface area contributed by atoms with E-state index < -0.39 is 0 Å². The van der Waals surface area contributed by atoms with Gasteiger partial charge in [-0.05, 0) is 19.1 Å². The minimum Gasteiger partial charge on any atom is -0.430 e. The highest BCUT2D eigenvalue weighted by Gasteiger charge is 2.08.